The lowest BCUT2D eigenvalue weighted by molar-refractivity contribution is 0.0897. The molecule has 0 unspecified atom stereocenters. The number of benzene rings is 1. The van der Waals surface area contributed by atoms with E-state index in [1.807, 2.05) is 13.8 Å². The van der Waals surface area contributed by atoms with Gasteiger partial charge < -0.3 is 16.2 Å². The van der Waals surface area contributed by atoms with Crippen molar-refractivity contribution in [2.45, 2.75) is 19.9 Å². The Kier molecular flexibility index (Phi) is 4.78. The lowest BCUT2D eigenvalue weighted by Gasteiger charge is -2.20. The van der Waals surface area contributed by atoms with Crippen LogP contribution in [0.25, 0.3) is 0 Å². The summed E-state index contributed by atoms with van der Waals surface area (Å²) in [4.78, 5) is 11.9. The van der Waals surface area contributed by atoms with Crippen LogP contribution in [0.1, 0.15) is 24.2 Å². The van der Waals surface area contributed by atoms with Crippen LogP contribution in [-0.2, 0) is 0 Å². The second kappa shape index (κ2) is 5.89. The molecule has 0 aliphatic heterocycles. The van der Waals surface area contributed by atoms with Crippen molar-refractivity contribution in [3.63, 3.8) is 0 Å². The van der Waals surface area contributed by atoms with Gasteiger partial charge in [0.15, 0.2) is 0 Å². The summed E-state index contributed by atoms with van der Waals surface area (Å²) in [6, 6.07) is 4.44. The molecule has 0 saturated carbocycles. The Labute approximate surface area is 106 Å². The van der Waals surface area contributed by atoms with E-state index in [0.717, 1.165) is 0 Å². The first-order valence-corrected chi connectivity index (χ1v) is 5.80. The number of nitrogens with one attached hydrogen (secondary N) is 1. The summed E-state index contributed by atoms with van der Waals surface area (Å²) in [5.74, 6) is -0.104. The summed E-state index contributed by atoms with van der Waals surface area (Å²) < 4.78 is 0. The van der Waals surface area contributed by atoms with E-state index in [0.29, 0.717) is 16.3 Å². The molecule has 94 valence electrons. The van der Waals surface area contributed by atoms with E-state index >= 15 is 0 Å². The first kappa shape index (κ1) is 13.8. The quantitative estimate of drug-likeness (QED) is 0.718. The smallest absolute Gasteiger partial charge is 0.251 e. The highest BCUT2D eigenvalue weighted by molar-refractivity contribution is 6.33. The first-order chi connectivity index (χ1) is 7.95. The van der Waals surface area contributed by atoms with Crippen molar-refractivity contribution in [2.75, 3.05) is 12.3 Å². The van der Waals surface area contributed by atoms with Gasteiger partial charge in [0.2, 0.25) is 0 Å². The third-order valence-electron chi connectivity index (χ3n) is 2.58. The zero-order valence-corrected chi connectivity index (χ0v) is 10.7. The van der Waals surface area contributed by atoms with Crippen molar-refractivity contribution in [3.05, 3.63) is 28.8 Å². The first-order valence-electron chi connectivity index (χ1n) is 5.42. The molecule has 0 radical (unpaired) electrons. The molecule has 0 fully saturated rings. The number of carbonyl (C=O) groups is 1. The molecule has 1 aromatic carbocycles. The number of rotatable bonds is 4. The third kappa shape index (κ3) is 3.61. The Morgan fingerprint density at radius 1 is 1.53 bits per heavy atom. The monoisotopic (exact) mass is 256 g/mol. The number of carbonyl (C=O) groups excluding carboxylic acids is 1. The second-order valence-corrected chi connectivity index (χ2v) is 4.65. The summed E-state index contributed by atoms with van der Waals surface area (Å²) in [5.41, 5.74) is 6.43. The number of amides is 1. The van der Waals surface area contributed by atoms with Gasteiger partial charge in [0.05, 0.1) is 23.4 Å². The van der Waals surface area contributed by atoms with E-state index in [1.165, 1.54) is 6.07 Å². The van der Waals surface area contributed by atoms with Crippen molar-refractivity contribution in [2.24, 2.45) is 5.92 Å². The lowest BCUT2D eigenvalue weighted by atomic mass is 10.0. The second-order valence-electron chi connectivity index (χ2n) is 4.24. The van der Waals surface area contributed by atoms with Crippen LogP contribution in [0.2, 0.25) is 5.02 Å². The maximum Gasteiger partial charge on any atom is 0.251 e. The highest BCUT2D eigenvalue weighted by Crippen LogP contribution is 2.19. The molecule has 0 aromatic heterocycles. The molecule has 0 spiro atoms. The van der Waals surface area contributed by atoms with Crippen molar-refractivity contribution in [3.8, 4) is 0 Å². The maximum atomic E-state index is 11.9. The molecule has 1 aromatic rings. The topological polar surface area (TPSA) is 75.3 Å². The molecule has 4 nitrogen and oxygen atoms in total. The van der Waals surface area contributed by atoms with Crippen molar-refractivity contribution < 1.29 is 9.90 Å². The van der Waals surface area contributed by atoms with E-state index in [4.69, 9.17) is 22.4 Å². The highest BCUT2D eigenvalue weighted by atomic mass is 35.5. The van der Waals surface area contributed by atoms with Gasteiger partial charge in [-0.25, -0.2) is 0 Å². The Bertz CT molecular complexity index is 407. The molecule has 0 heterocycles. The average Bonchev–Trinajstić information content (AvgIpc) is 2.28. The van der Waals surface area contributed by atoms with E-state index < -0.39 is 0 Å². The van der Waals surface area contributed by atoms with Gasteiger partial charge in [-0.1, -0.05) is 25.4 Å². The van der Waals surface area contributed by atoms with Gasteiger partial charge >= 0.3 is 0 Å². The maximum absolute atomic E-state index is 11.9. The summed E-state index contributed by atoms with van der Waals surface area (Å²) in [5, 5.41) is 12.2. The van der Waals surface area contributed by atoms with Crippen LogP contribution in [0.4, 0.5) is 5.69 Å². The Hall–Kier alpha value is -1.26. The van der Waals surface area contributed by atoms with Gasteiger partial charge in [0.25, 0.3) is 5.91 Å². The average molecular weight is 257 g/mol. The number of anilines is 1. The predicted molar refractivity (Wildman–Crippen MR) is 69.0 cm³/mol. The van der Waals surface area contributed by atoms with E-state index in [-0.39, 0.29) is 24.5 Å². The van der Waals surface area contributed by atoms with Crippen molar-refractivity contribution in [1.29, 1.82) is 0 Å². The minimum Gasteiger partial charge on any atom is -0.398 e. The molecule has 0 aliphatic carbocycles. The number of aliphatic hydroxyl groups excluding tert-OH is 1. The fourth-order valence-corrected chi connectivity index (χ4v) is 1.52. The summed E-state index contributed by atoms with van der Waals surface area (Å²) in [6.45, 7) is 3.76. The number of aliphatic hydroxyl groups is 1. The Morgan fingerprint density at radius 3 is 2.65 bits per heavy atom. The van der Waals surface area contributed by atoms with Crippen LogP contribution in [-0.4, -0.2) is 23.7 Å². The van der Waals surface area contributed by atoms with Crippen LogP contribution in [0.5, 0.6) is 0 Å². The van der Waals surface area contributed by atoms with E-state index in [1.54, 1.807) is 12.1 Å². The molecular weight excluding hydrogens is 240 g/mol. The zero-order valence-electron chi connectivity index (χ0n) is 9.90. The molecule has 1 amide bonds. The Balaban J connectivity index is 2.79. The number of nitrogens with two attached hydrogens (primary N) is 1. The van der Waals surface area contributed by atoms with Crippen LogP contribution in [0.15, 0.2) is 18.2 Å². The van der Waals surface area contributed by atoms with Crippen molar-refractivity contribution in [1.82, 2.24) is 5.32 Å². The minimum absolute atomic E-state index is 0.0912. The highest BCUT2D eigenvalue weighted by Gasteiger charge is 2.16. The van der Waals surface area contributed by atoms with Crippen molar-refractivity contribution >= 4 is 23.2 Å². The van der Waals surface area contributed by atoms with Gasteiger partial charge in [-0.05, 0) is 24.1 Å². The van der Waals surface area contributed by atoms with Gasteiger partial charge in [-0.15, -0.1) is 0 Å². The Morgan fingerprint density at radius 2 is 2.18 bits per heavy atom. The molecule has 0 aliphatic rings. The molecule has 17 heavy (non-hydrogen) atoms. The summed E-state index contributed by atoms with van der Waals surface area (Å²) >= 11 is 5.84. The molecule has 1 atom stereocenters. The van der Waals surface area contributed by atoms with Crippen LogP contribution >= 0.6 is 11.6 Å². The number of hydrogen-bond acceptors (Lipinski definition) is 3. The number of halogens is 1. The van der Waals surface area contributed by atoms with Crippen LogP contribution in [0.3, 0.4) is 0 Å². The molecular formula is C12H17ClN2O2. The van der Waals surface area contributed by atoms with Crippen LogP contribution in [0, 0.1) is 5.92 Å². The van der Waals surface area contributed by atoms with E-state index in [2.05, 4.69) is 5.32 Å². The number of nitrogen functional groups attached to an aromatic ring is 1. The standard InChI is InChI=1S/C12H17ClN2O2/c1-7(2)11(6-16)15-12(17)8-3-4-10(14)9(13)5-8/h3-5,7,11,16H,6,14H2,1-2H3,(H,15,17)/t11-/m1/s1. The minimum atomic E-state index is -0.265. The predicted octanol–water partition coefficient (Wildman–Crippen LogP) is 1.67. The fourth-order valence-electron chi connectivity index (χ4n) is 1.34. The lowest BCUT2D eigenvalue weighted by Crippen LogP contribution is -2.41. The normalized spacial score (nSPS) is 12.5. The molecule has 4 N–H and O–H groups in total. The SMILES string of the molecule is CC(C)[C@@H](CO)NC(=O)c1ccc(N)c(Cl)c1. The fraction of sp³-hybridized carbons (Fsp3) is 0.417. The molecule has 0 saturated heterocycles. The number of hydrogen-bond donors (Lipinski definition) is 3. The molecule has 5 heteroatoms. The summed E-state index contributed by atoms with van der Waals surface area (Å²) in [7, 11) is 0. The van der Waals surface area contributed by atoms with Crippen LogP contribution < -0.4 is 11.1 Å². The third-order valence-corrected chi connectivity index (χ3v) is 2.91. The van der Waals surface area contributed by atoms with Gasteiger partial charge in [-0.3, -0.25) is 4.79 Å². The summed E-state index contributed by atoms with van der Waals surface area (Å²) in [6.07, 6.45) is 0. The molecule has 1 rings (SSSR count). The van der Waals surface area contributed by atoms with Gasteiger partial charge in [0, 0.05) is 5.56 Å². The van der Waals surface area contributed by atoms with Gasteiger partial charge in [0.1, 0.15) is 0 Å². The van der Waals surface area contributed by atoms with E-state index in [9.17, 15) is 4.79 Å². The molecule has 0 bridgehead atoms. The van der Waals surface area contributed by atoms with Gasteiger partial charge in [-0.2, -0.15) is 0 Å². The zero-order chi connectivity index (χ0) is 13.0. The largest absolute Gasteiger partial charge is 0.398 e.